The molecule has 2 aromatic carbocycles. The van der Waals surface area contributed by atoms with Crippen LogP contribution in [-0.2, 0) is 14.3 Å². The zero-order valence-electron chi connectivity index (χ0n) is 14.1. The van der Waals surface area contributed by atoms with Gasteiger partial charge in [-0.15, -0.1) is 11.8 Å². The van der Waals surface area contributed by atoms with Crippen molar-refractivity contribution in [3.8, 4) is 0 Å². The first-order chi connectivity index (χ1) is 12.6. The molecule has 1 atom stereocenters. The third-order valence-electron chi connectivity index (χ3n) is 4.70. The second-order valence-corrected chi connectivity index (χ2v) is 7.97. The fraction of sp³-hybridized carbons (Fsp3) is 0.200. The van der Waals surface area contributed by atoms with Crippen LogP contribution in [0.1, 0.15) is 17.9 Å². The Morgan fingerprint density at radius 2 is 1.92 bits per heavy atom. The molecule has 2 heterocycles. The van der Waals surface area contributed by atoms with Gasteiger partial charge in [0, 0.05) is 27.4 Å². The Balaban J connectivity index is 1.80. The minimum absolute atomic E-state index is 0.0286. The molecule has 132 valence electrons. The van der Waals surface area contributed by atoms with E-state index in [1.807, 2.05) is 54.8 Å². The van der Waals surface area contributed by atoms with Crippen molar-refractivity contribution in [2.24, 2.45) is 0 Å². The van der Waals surface area contributed by atoms with Crippen molar-refractivity contribution in [2.75, 3.05) is 17.8 Å². The minimum Gasteiger partial charge on any atom is -0.456 e. The van der Waals surface area contributed by atoms with Gasteiger partial charge >= 0.3 is 5.97 Å². The lowest BCUT2D eigenvalue weighted by atomic mass is 9.84. The highest BCUT2D eigenvalue weighted by Crippen LogP contribution is 2.42. The molecule has 26 heavy (non-hydrogen) atoms. The third-order valence-corrected chi connectivity index (χ3v) is 5.94. The van der Waals surface area contributed by atoms with Crippen molar-refractivity contribution < 1.29 is 14.3 Å². The molecule has 2 aliphatic heterocycles. The van der Waals surface area contributed by atoms with Crippen LogP contribution in [-0.4, -0.2) is 24.7 Å². The summed E-state index contributed by atoms with van der Waals surface area (Å²) in [6.07, 6.45) is 2.27. The summed E-state index contributed by atoms with van der Waals surface area (Å²) in [6.45, 7) is 0.131. The van der Waals surface area contributed by atoms with Crippen LogP contribution in [0.4, 0.5) is 5.69 Å². The summed E-state index contributed by atoms with van der Waals surface area (Å²) < 4.78 is 6.18. The molecule has 6 heteroatoms. The molecule has 0 unspecified atom stereocenters. The molecule has 0 radical (unpaired) electrons. The molecule has 2 aromatic rings. The van der Waals surface area contributed by atoms with E-state index >= 15 is 0 Å². The van der Waals surface area contributed by atoms with Crippen molar-refractivity contribution >= 4 is 45.3 Å². The van der Waals surface area contributed by atoms with E-state index in [-0.39, 0.29) is 30.8 Å². The van der Waals surface area contributed by atoms with Gasteiger partial charge in [0.2, 0.25) is 5.91 Å². The normalized spacial score (nSPS) is 19.6. The molecule has 0 N–H and O–H groups in total. The summed E-state index contributed by atoms with van der Waals surface area (Å²) in [6, 6.07) is 15.5. The number of cyclic esters (lactones) is 1. The van der Waals surface area contributed by atoms with Gasteiger partial charge in [-0.25, -0.2) is 4.79 Å². The van der Waals surface area contributed by atoms with E-state index in [0.29, 0.717) is 11.3 Å². The van der Waals surface area contributed by atoms with E-state index in [2.05, 4.69) is 15.9 Å². The van der Waals surface area contributed by atoms with Gasteiger partial charge in [-0.2, -0.15) is 0 Å². The molecule has 0 fully saturated rings. The number of thioether (sulfide) groups is 1. The molecular weight excluding hydrogens is 414 g/mol. The third kappa shape index (κ3) is 2.97. The zero-order valence-corrected chi connectivity index (χ0v) is 16.5. The predicted octanol–water partition coefficient (Wildman–Crippen LogP) is 4.50. The maximum Gasteiger partial charge on any atom is 0.336 e. The van der Waals surface area contributed by atoms with Gasteiger partial charge < -0.3 is 4.74 Å². The van der Waals surface area contributed by atoms with Gasteiger partial charge in [-0.3, -0.25) is 9.69 Å². The zero-order chi connectivity index (χ0) is 18.3. The highest BCUT2D eigenvalue weighted by Gasteiger charge is 2.42. The quantitative estimate of drug-likeness (QED) is 0.532. The van der Waals surface area contributed by atoms with Crippen LogP contribution in [0.3, 0.4) is 0 Å². The topological polar surface area (TPSA) is 46.6 Å². The van der Waals surface area contributed by atoms with Gasteiger partial charge in [-0.1, -0.05) is 34.1 Å². The van der Waals surface area contributed by atoms with Gasteiger partial charge in [0.1, 0.15) is 6.61 Å². The van der Waals surface area contributed by atoms with Gasteiger partial charge in [0.15, 0.2) is 0 Å². The standard InChI is InChI=1S/C20H16BrNO3S/c1-26-15-7-5-12(6-8-15)16-10-18(23)22(14-4-2-3-13(21)9-14)17-11-25-20(24)19(16)17/h2-9,16H,10-11H2,1H3/t16-/m1/s1. The summed E-state index contributed by atoms with van der Waals surface area (Å²) >= 11 is 5.10. The van der Waals surface area contributed by atoms with Crippen LogP contribution in [0.2, 0.25) is 0 Å². The molecule has 0 aromatic heterocycles. The molecule has 0 saturated heterocycles. The second kappa shape index (κ2) is 6.93. The van der Waals surface area contributed by atoms with Crippen molar-refractivity contribution in [3.05, 3.63) is 69.8 Å². The van der Waals surface area contributed by atoms with E-state index in [0.717, 1.165) is 20.6 Å². The number of carbonyl (C=O) groups is 2. The number of hydrogen-bond acceptors (Lipinski definition) is 4. The maximum atomic E-state index is 13.0. The van der Waals surface area contributed by atoms with Crippen LogP contribution < -0.4 is 4.90 Å². The first kappa shape index (κ1) is 17.4. The number of ether oxygens (including phenoxy) is 1. The molecule has 0 bridgehead atoms. The Kier molecular flexibility index (Phi) is 4.63. The molecule has 0 aliphatic carbocycles. The monoisotopic (exact) mass is 429 g/mol. The first-order valence-corrected chi connectivity index (χ1v) is 10.2. The second-order valence-electron chi connectivity index (χ2n) is 6.18. The highest BCUT2D eigenvalue weighted by molar-refractivity contribution is 9.10. The van der Waals surface area contributed by atoms with E-state index < -0.39 is 0 Å². The number of carbonyl (C=O) groups excluding carboxylic acids is 2. The number of nitrogens with zero attached hydrogens (tertiary/aromatic N) is 1. The van der Waals surface area contributed by atoms with Gasteiger partial charge in [0.25, 0.3) is 0 Å². The molecule has 4 nitrogen and oxygen atoms in total. The molecule has 0 spiro atoms. The molecule has 4 rings (SSSR count). The summed E-state index contributed by atoms with van der Waals surface area (Å²) in [5.41, 5.74) is 2.97. The van der Waals surface area contributed by atoms with Gasteiger partial charge in [0.05, 0.1) is 11.3 Å². The van der Waals surface area contributed by atoms with Crippen LogP contribution in [0.25, 0.3) is 0 Å². The molecule has 2 aliphatic rings. The summed E-state index contributed by atoms with van der Waals surface area (Å²) in [5.74, 6) is -0.614. The number of hydrogen-bond donors (Lipinski definition) is 0. The number of anilines is 1. The number of halogens is 1. The van der Waals surface area contributed by atoms with Crippen LogP contribution in [0, 0.1) is 0 Å². The van der Waals surface area contributed by atoms with Gasteiger partial charge in [-0.05, 0) is 42.2 Å². The summed E-state index contributed by atoms with van der Waals surface area (Å²) in [7, 11) is 0. The first-order valence-electron chi connectivity index (χ1n) is 8.21. The molecule has 1 amide bonds. The van der Waals surface area contributed by atoms with Crippen LogP contribution in [0.5, 0.6) is 0 Å². The number of amides is 1. The lowest BCUT2D eigenvalue weighted by molar-refractivity contribution is -0.136. The lowest BCUT2D eigenvalue weighted by Gasteiger charge is -2.32. The van der Waals surface area contributed by atoms with E-state index in [1.54, 1.807) is 16.7 Å². The Bertz CT molecular complexity index is 923. The number of esters is 1. The van der Waals surface area contributed by atoms with Crippen molar-refractivity contribution in [3.63, 3.8) is 0 Å². The predicted molar refractivity (Wildman–Crippen MR) is 105 cm³/mol. The number of rotatable bonds is 3. The maximum absolute atomic E-state index is 13.0. The van der Waals surface area contributed by atoms with Crippen molar-refractivity contribution in [1.82, 2.24) is 0 Å². The SMILES string of the molecule is CSc1ccc([C@H]2CC(=O)N(c3cccc(Br)c3)C3=C2C(=O)OC3)cc1. The minimum atomic E-state index is -0.327. The largest absolute Gasteiger partial charge is 0.456 e. The molecular formula is C20H16BrNO3S. The van der Waals surface area contributed by atoms with Crippen molar-refractivity contribution in [2.45, 2.75) is 17.2 Å². The Hall–Kier alpha value is -2.05. The van der Waals surface area contributed by atoms with E-state index in [9.17, 15) is 9.59 Å². The Morgan fingerprint density at radius 3 is 2.62 bits per heavy atom. The Labute approximate surface area is 164 Å². The number of benzene rings is 2. The summed E-state index contributed by atoms with van der Waals surface area (Å²) in [4.78, 5) is 28.2. The summed E-state index contributed by atoms with van der Waals surface area (Å²) in [5, 5.41) is 0. The lowest BCUT2D eigenvalue weighted by Crippen LogP contribution is -2.37. The van der Waals surface area contributed by atoms with Crippen molar-refractivity contribution in [1.29, 1.82) is 0 Å². The molecule has 0 saturated carbocycles. The fourth-order valence-electron chi connectivity index (χ4n) is 3.49. The smallest absolute Gasteiger partial charge is 0.336 e. The average molecular weight is 430 g/mol. The van der Waals surface area contributed by atoms with Crippen LogP contribution in [0.15, 0.2) is 69.2 Å². The van der Waals surface area contributed by atoms with Crippen LogP contribution >= 0.6 is 27.7 Å². The van der Waals surface area contributed by atoms with E-state index in [1.165, 1.54) is 0 Å². The Morgan fingerprint density at radius 1 is 1.15 bits per heavy atom. The van der Waals surface area contributed by atoms with E-state index in [4.69, 9.17) is 4.74 Å². The fourth-order valence-corrected chi connectivity index (χ4v) is 4.29. The average Bonchev–Trinajstić information content (AvgIpc) is 3.02. The highest BCUT2D eigenvalue weighted by atomic mass is 79.9.